The van der Waals surface area contributed by atoms with E-state index in [0.717, 1.165) is 56.9 Å². The first-order valence-corrected chi connectivity index (χ1v) is 12.7. The molecule has 0 radical (unpaired) electrons. The normalized spacial score (nSPS) is 17.1. The highest BCUT2D eigenvalue weighted by molar-refractivity contribution is 6.32. The number of carbonyl (C=O) groups excluding carboxylic acids is 1. The van der Waals surface area contributed by atoms with Gasteiger partial charge in [0.1, 0.15) is 17.6 Å². The molecule has 2 saturated heterocycles. The third-order valence-corrected chi connectivity index (χ3v) is 7.04. The minimum atomic E-state index is -0.122. The highest BCUT2D eigenvalue weighted by Gasteiger charge is 2.25. The zero-order chi connectivity index (χ0) is 24.9. The average molecular weight is 505 g/mol. The number of piperidine rings is 1. The SMILES string of the molecule is [C-]#[N+]c1ccccc1-c1ccc(C(=O)N2CCN(Cc3ccc(OC4CCNCC4)c(Cl)c3)CC2)o1. The molecule has 7 nitrogen and oxygen atoms in total. The molecule has 0 aliphatic carbocycles. The molecule has 36 heavy (non-hydrogen) atoms. The molecule has 2 fully saturated rings. The van der Waals surface area contributed by atoms with Gasteiger partial charge in [-0.3, -0.25) is 9.69 Å². The van der Waals surface area contributed by atoms with Crippen LogP contribution in [-0.2, 0) is 6.54 Å². The standard InChI is InChI=1S/C28H29ClN4O3/c1-30-24-5-3-2-4-22(24)25-8-9-27(36-25)28(34)33-16-14-32(15-17-33)19-20-6-7-26(23(29)18-20)35-21-10-12-31-13-11-21/h2-9,18,21,31H,10-17,19H2. The van der Waals surface area contributed by atoms with Crippen molar-refractivity contribution in [2.75, 3.05) is 39.3 Å². The minimum Gasteiger partial charge on any atom is -0.489 e. The van der Waals surface area contributed by atoms with Crippen LogP contribution in [0.3, 0.4) is 0 Å². The summed E-state index contributed by atoms with van der Waals surface area (Å²) in [7, 11) is 0. The fourth-order valence-corrected chi connectivity index (χ4v) is 4.98. The van der Waals surface area contributed by atoms with Gasteiger partial charge in [-0.1, -0.05) is 41.9 Å². The summed E-state index contributed by atoms with van der Waals surface area (Å²) in [6.45, 7) is 12.9. The lowest BCUT2D eigenvalue weighted by molar-refractivity contribution is 0.0598. The van der Waals surface area contributed by atoms with Gasteiger partial charge in [0.25, 0.3) is 5.91 Å². The Morgan fingerprint density at radius 1 is 1.08 bits per heavy atom. The predicted octanol–water partition coefficient (Wildman–Crippen LogP) is 5.24. The molecule has 0 bridgehead atoms. The molecule has 0 atom stereocenters. The molecule has 0 unspecified atom stereocenters. The lowest BCUT2D eigenvalue weighted by Gasteiger charge is -2.34. The molecule has 5 rings (SSSR count). The van der Waals surface area contributed by atoms with E-state index in [4.69, 9.17) is 27.3 Å². The van der Waals surface area contributed by atoms with Crippen LogP contribution in [0.25, 0.3) is 16.2 Å². The first-order chi connectivity index (χ1) is 17.6. The van der Waals surface area contributed by atoms with Gasteiger partial charge in [0.05, 0.1) is 11.6 Å². The summed E-state index contributed by atoms with van der Waals surface area (Å²) in [5.74, 6) is 1.46. The van der Waals surface area contributed by atoms with Crippen LogP contribution in [0.2, 0.25) is 5.02 Å². The molecular weight excluding hydrogens is 476 g/mol. The number of nitrogens with zero attached hydrogens (tertiary/aromatic N) is 3. The molecular formula is C28H29ClN4O3. The lowest BCUT2D eigenvalue weighted by atomic mass is 10.1. The van der Waals surface area contributed by atoms with Crippen LogP contribution < -0.4 is 10.1 Å². The van der Waals surface area contributed by atoms with Crippen LogP contribution in [0.5, 0.6) is 5.75 Å². The van der Waals surface area contributed by atoms with E-state index < -0.39 is 0 Å². The Morgan fingerprint density at radius 3 is 2.61 bits per heavy atom. The van der Waals surface area contributed by atoms with E-state index in [9.17, 15) is 4.79 Å². The number of nitrogens with one attached hydrogen (secondary N) is 1. The van der Waals surface area contributed by atoms with Crippen molar-refractivity contribution in [1.82, 2.24) is 15.1 Å². The largest absolute Gasteiger partial charge is 0.489 e. The van der Waals surface area contributed by atoms with E-state index >= 15 is 0 Å². The van der Waals surface area contributed by atoms with Gasteiger partial charge in [-0.05, 0) is 55.8 Å². The van der Waals surface area contributed by atoms with Crippen LogP contribution in [0.15, 0.2) is 59.0 Å². The Morgan fingerprint density at radius 2 is 1.86 bits per heavy atom. The van der Waals surface area contributed by atoms with Crippen LogP contribution in [0.1, 0.15) is 29.0 Å². The third kappa shape index (κ3) is 5.57. The zero-order valence-electron chi connectivity index (χ0n) is 20.1. The number of hydrogen-bond acceptors (Lipinski definition) is 5. The number of para-hydroxylation sites is 1. The second kappa shape index (κ2) is 11.2. The van der Waals surface area contributed by atoms with E-state index in [0.29, 0.717) is 40.9 Å². The van der Waals surface area contributed by atoms with Crippen molar-refractivity contribution in [3.63, 3.8) is 0 Å². The molecule has 2 aromatic carbocycles. The topological polar surface area (TPSA) is 62.3 Å². The number of piperazine rings is 1. The van der Waals surface area contributed by atoms with Crippen molar-refractivity contribution in [2.45, 2.75) is 25.5 Å². The predicted molar refractivity (Wildman–Crippen MR) is 140 cm³/mol. The highest BCUT2D eigenvalue weighted by atomic mass is 35.5. The molecule has 2 aliphatic heterocycles. The summed E-state index contributed by atoms with van der Waals surface area (Å²) >= 11 is 6.53. The summed E-state index contributed by atoms with van der Waals surface area (Å²) < 4.78 is 12.0. The lowest BCUT2D eigenvalue weighted by Crippen LogP contribution is -2.48. The summed E-state index contributed by atoms with van der Waals surface area (Å²) in [6, 6.07) is 16.7. The summed E-state index contributed by atoms with van der Waals surface area (Å²) in [5.41, 5.74) is 2.33. The van der Waals surface area contributed by atoms with E-state index in [1.807, 2.05) is 35.2 Å². The fourth-order valence-electron chi connectivity index (χ4n) is 4.73. The molecule has 3 aromatic rings. The van der Waals surface area contributed by atoms with Crippen molar-refractivity contribution >= 4 is 23.2 Å². The minimum absolute atomic E-state index is 0.122. The third-order valence-electron chi connectivity index (χ3n) is 6.75. The number of rotatable bonds is 6. The van der Waals surface area contributed by atoms with Gasteiger partial charge in [0.2, 0.25) is 0 Å². The first kappa shape index (κ1) is 24.4. The van der Waals surface area contributed by atoms with Gasteiger partial charge < -0.3 is 19.4 Å². The molecule has 0 spiro atoms. The van der Waals surface area contributed by atoms with E-state index in [1.165, 1.54) is 0 Å². The van der Waals surface area contributed by atoms with Crippen molar-refractivity contribution < 1.29 is 13.9 Å². The van der Waals surface area contributed by atoms with Crippen molar-refractivity contribution in [2.24, 2.45) is 0 Å². The zero-order valence-corrected chi connectivity index (χ0v) is 20.8. The Kier molecular flexibility index (Phi) is 7.57. The Balaban J connectivity index is 1.15. The number of benzene rings is 2. The Hall–Kier alpha value is -3.31. The summed E-state index contributed by atoms with van der Waals surface area (Å²) in [5, 5.41) is 3.99. The van der Waals surface area contributed by atoms with E-state index in [2.05, 4.69) is 21.1 Å². The maximum atomic E-state index is 13.0. The number of furan rings is 1. The van der Waals surface area contributed by atoms with Gasteiger partial charge in [0.15, 0.2) is 11.4 Å². The maximum Gasteiger partial charge on any atom is 0.289 e. The van der Waals surface area contributed by atoms with E-state index in [1.54, 1.807) is 18.2 Å². The molecule has 0 saturated carbocycles. The average Bonchev–Trinajstić information content (AvgIpc) is 3.41. The number of ether oxygens (including phenoxy) is 1. The number of hydrogen-bond donors (Lipinski definition) is 1. The quantitative estimate of drug-likeness (QED) is 0.465. The highest BCUT2D eigenvalue weighted by Crippen LogP contribution is 2.32. The molecule has 186 valence electrons. The summed E-state index contributed by atoms with van der Waals surface area (Å²) in [6.07, 6.45) is 2.21. The van der Waals surface area contributed by atoms with Gasteiger partial charge in [0, 0.05) is 38.3 Å². The Labute approximate surface area is 216 Å². The van der Waals surface area contributed by atoms with Crippen LogP contribution >= 0.6 is 11.6 Å². The van der Waals surface area contributed by atoms with Gasteiger partial charge in [-0.2, -0.15) is 0 Å². The molecule has 8 heteroatoms. The van der Waals surface area contributed by atoms with E-state index in [-0.39, 0.29) is 12.0 Å². The second-order valence-electron chi connectivity index (χ2n) is 9.19. The number of halogens is 1. The van der Waals surface area contributed by atoms with Gasteiger partial charge in [-0.25, -0.2) is 4.85 Å². The van der Waals surface area contributed by atoms with Gasteiger partial charge in [-0.15, -0.1) is 0 Å². The van der Waals surface area contributed by atoms with Crippen LogP contribution in [0.4, 0.5) is 5.69 Å². The molecule has 1 aromatic heterocycles. The maximum absolute atomic E-state index is 13.0. The van der Waals surface area contributed by atoms with Crippen molar-refractivity contribution in [3.05, 3.63) is 82.4 Å². The number of amides is 1. The monoisotopic (exact) mass is 504 g/mol. The Bertz CT molecular complexity index is 1250. The fraction of sp³-hybridized carbons (Fsp3) is 0.357. The van der Waals surface area contributed by atoms with Crippen LogP contribution in [0, 0.1) is 6.57 Å². The van der Waals surface area contributed by atoms with Crippen molar-refractivity contribution in [1.29, 1.82) is 0 Å². The second-order valence-corrected chi connectivity index (χ2v) is 9.60. The smallest absolute Gasteiger partial charge is 0.289 e. The van der Waals surface area contributed by atoms with Crippen molar-refractivity contribution in [3.8, 4) is 17.1 Å². The van der Waals surface area contributed by atoms with Gasteiger partial charge >= 0.3 is 0 Å². The molecule has 3 heterocycles. The number of carbonyl (C=O) groups is 1. The first-order valence-electron chi connectivity index (χ1n) is 12.3. The molecule has 2 aliphatic rings. The molecule has 1 N–H and O–H groups in total. The summed E-state index contributed by atoms with van der Waals surface area (Å²) in [4.78, 5) is 20.7. The molecule has 1 amide bonds. The van der Waals surface area contributed by atoms with Crippen LogP contribution in [-0.4, -0.2) is 61.1 Å².